The molecule has 0 aliphatic carbocycles. The highest BCUT2D eigenvalue weighted by Gasteiger charge is 2.32. The normalized spacial score (nSPS) is 16.7. The van der Waals surface area contributed by atoms with E-state index < -0.39 is 4.92 Å². The van der Waals surface area contributed by atoms with Gasteiger partial charge in [0.1, 0.15) is 0 Å². The Kier molecular flexibility index (Phi) is 4.69. The minimum absolute atomic E-state index is 0.0156. The van der Waals surface area contributed by atoms with Crippen LogP contribution in [0, 0.1) is 10.1 Å². The smallest absolute Gasteiger partial charge is 0.274 e. The van der Waals surface area contributed by atoms with Crippen LogP contribution in [0.5, 0.6) is 0 Å². The van der Waals surface area contributed by atoms with Gasteiger partial charge in [-0.1, -0.05) is 18.2 Å². The molecule has 1 saturated heterocycles. The molecular weight excluding hydrogens is 324 g/mol. The highest BCUT2D eigenvalue weighted by Crippen LogP contribution is 2.22. The summed E-state index contributed by atoms with van der Waals surface area (Å²) in [4.78, 5) is 40.4. The molecule has 0 radical (unpaired) electrons. The molecule has 8 nitrogen and oxygen atoms in total. The van der Waals surface area contributed by atoms with E-state index in [1.165, 1.54) is 17.2 Å². The molecule has 2 aromatic rings. The fraction of sp³-hybridized carbons (Fsp3) is 0.235. The largest absolute Gasteiger partial charge is 0.347 e. The number of para-hydroxylation sites is 1. The minimum Gasteiger partial charge on any atom is -0.347 e. The number of pyridine rings is 1. The molecule has 1 aliphatic rings. The van der Waals surface area contributed by atoms with Gasteiger partial charge in [0.15, 0.2) is 0 Å². The molecule has 1 unspecified atom stereocenters. The molecular formula is C17H16N4O4. The maximum Gasteiger partial charge on any atom is 0.274 e. The summed E-state index contributed by atoms with van der Waals surface area (Å²) in [5.74, 6) is -0.437. The molecule has 25 heavy (non-hydrogen) atoms. The SMILES string of the molecule is O=C(NC1CC(=O)N(Cc2ccccc2[N+](=O)[O-])C1)c1cccnc1. The summed E-state index contributed by atoms with van der Waals surface area (Å²) >= 11 is 0. The zero-order valence-corrected chi connectivity index (χ0v) is 13.3. The molecule has 1 aliphatic heterocycles. The number of aromatic nitrogens is 1. The maximum atomic E-state index is 12.2. The number of benzene rings is 1. The molecule has 3 rings (SSSR count). The van der Waals surface area contributed by atoms with Gasteiger partial charge in [-0.05, 0) is 12.1 Å². The first-order valence-electron chi connectivity index (χ1n) is 7.75. The van der Waals surface area contributed by atoms with Gasteiger partial charge in [0.05, 0.1) is 23.1 Å². The van der Waals surface area contributed by atoms with Crippen molar-refractivity contribution >= 4 is 17.5 Å². The fourth-order valence-corrected chi connectivity index (χ4v) is 2.82. The third kappa shape index (κ3) is 3.79. The van der Waals surface area contributed by atoms with Gasteiger partial charge in [-0.25, -0.2) is 0 Å². The van der Waals surface area contributed by atoms with E-state index in [1.807, 2.05) is 0 Å². The summed E-state index contributed by atoms with van der Waals surface area (Å²) in [6, 6.07) is 9.31. The second kappa shape index (κ2) is 7.08. The predicted molar refractivity (Wildman–Crippen MR) is 88.6 cm³/mol. The van der Waals surface area contributed by atoms with Crippen LogP contribution in [0.2, 0.25) is 0 Å². The molecule has 0 bridgehead atoms. The number of rotatable bonds is 5. The summed E-state index contributed by atoms with van der Waals surface area (Å²) in [5, 5.41) is 13.9. The topological polar surface area (TPSA) is 105 Å². The predicted octanol–water partition coefficient (Wildman–Crippen LogP) is 1.52. The van der Waals surface area contributed by atoms with Crippen LogP contribution in [-0.2, 0) is 11.3 Å². The van der Waals surface area contributed by atoms with E-state index in [1.54, 1.807) is 36.5 Å². The van der Waals surface area contributed by atoms with Crippen LogP contribution in [-0.4, -0.2) is 39.2 Å². The van der Waals surface area contributed by atoms with Crippen LogP contribution >= 0.6 is 0 Å². The molecule has 1 aromatic heterocycles. The molecule has 0 saturated carbocycles. The first kappa shape index (κ1) is 16.6. The molecule has 2 heterocycles. The summed E-state index contributed by atoms with van der Waals surface area (Å²) in [7, 11) is 0. The van der Waals surface area contributed by atoms with E-state index in [9.17, 15) is 19.7 Å². The second-order valence-electron chi connectivity index (χ2n) is 5.78. The number of nitro benzene ring substituents is 1. The van der Waals surface area contributed by atoms with Crippen molar-refractivity contribution < 1.29 is 14.5 Å². The number of hydrogen-bond donors (Lipinski definition) is 1. The van der Waals surface area contributed by atoms with Gasteiger partial charge in [-0.15, -0.1) is 0 Å². The number of carbonyl (C=O) groups is 2. The Labute approximate surface area is 143 Å². The summed E-state index contributed by atoms with van der Waals surface area (Å²) in [6.45, 7) is 0.464. The first-order chi connectivity index (χ1) is 12.0. The Morgan fingerprint density at radius 1 is 1.32 bits per heavy atom. The lowest BCUT2D eigenvalue weighted by Gasteiger charge is -2.17. The Morgan fingerprint density at radius 3 is 2.84 bits per heavy atom. The maximum absolute atomic E-state index is 12.2. The van der Waals surface area contributed by atoms with Crippen LogP contribution in [0.4, 0.5) is 5.69 Å². The summed E-state index contributed by atoms with van der Waals surface area (Å²) in [5.41, 5.74) is 0.880. The lowest BCUT2D eigenvalue weighted by molar-refractivity contribution is -0.385. The average Bonchev–Trinajstić information content (AvgIpc) is 2.95. The van der Waals surface area contributed by atoms with E-state index in [0.29, 0.717) is 17.7 Å². The molecule has 1 N–H and O–H groups in total. The standard InChI is InChI=1S/C17H16N4O4/c22-16-8-14(19-17(23)12-5-3-7-18-9-12)11-20(16)10-13-4-1-2-6-15(13)21(24)25/h1-7,9,14H,8,10-11H2,(H,19,23). The van der Waals surface area contributed by atoms with Gasteiger partial charge in [0.25, 0.3) is 11.6 Å². The van der Waals surface area contributed by atoms with Crippen molar-refractivity contribution in [2.24, 2.45) is 0 Å². The van der Waals surface area contributed by atoms with Crippen molar-refractivity contribution in [2.45, 2.75) is 19.0 Å². The number of nitrogens with one attached hydrogen (secondary N) is 1. The lowest BCUT2D eigenvalue weighted by Crippen LogP contribution is -2.37. The van der Waals surface area contributed by atoms with E-state index in [0.717, 1.165) is 0 Å². The van der Waals surface area contributed by atoms with Crippen LogP contribution < -0.4 is 5.32 Å². The molecule has 1 atom stereocenters. The third-order valence-corrected chi connectivity index (χ3v) is 4.02. The van der Waals surface area contributed by atoms with Crippen LogP contribution in [0.25, 0.3) is 0 Å². The first-order valence-corrected chi connectivity index (χ1v) is 7.75. The average molecular weight is 340 g/mol. The third-order valence-electron chi connectivity index (χ3n) is 4.02. The van der Waals surface area contributed by atoms with Crippen molar-refractivity contribution in [1.82, 2.24) is 15.2 Å². The van der Waals surface area contributed by atoms with E-state index in [2.05, 4.69) is 10.3 Å². The zero-order valence-electron chi connectivity index (χ0n) is 13.3. The molecule has 1 aromatic carbocycles. The number of amides is 2. The van der Waals surface area contributed by atoms with Gasteiger partial charge in [0, 0.05) is 37.0 Å². The lowest BCUT2D eigenvalue weighted by atomic mass is 10.1. The molecule has 2 amide bonds. The van der Waals surface area contributed by atoms with Gasteiger partial charge in [0.2, 0.25) is 5.91 Å². The second-order valence-corrected chi connectivity index (χ2v) is 5.78. The van der Waals surface area contributed by atoms with Crippen molar-refractivity contribution in [3.8, 4) is 0 Å². The van der Waals surface area contributed by atoms with Crippen molar-refractivity contribution in [3.63, 3.8) is 0 Å². The van der Waals surface area contributed by atoms with Gasteiger partial charge in [-0.2, -0.15) is 0 Å². The molecule has 0 spiro atoms. The number of likely N-dealkylation sites (tertiary alicyclic amines) is 1. The Morgan fingerprint density at radius 2 is 2.12 bits per heavy atom. The van der Waals surface area contributed by atoms with E-state index in [4.69, 9.17) is 0 Å². The Hall–Kier alpha value is -3.29. The molecule has 1 fully saturated rings. The van der Waals surface area contributed by atoms with Crippen LogP contribution in [0.1, 0.15) is 22.3 Å². The minimum atomic E-state index is -0.461. The summed E-state index contributed by atoms with van der Waals surface area (Å²) < 4.78 is 0. The van der Waals surface area contributed by atoms with Crippen molar-refractivity contribution in [2.75, 3.05) is 6.54 Å². The van der Waals surface area contributed by atoms with E-state index >= 15 is 0 Å². The number of carbonyl (C=O) groups excluding carboxylic acids is 2. The monoisotopic (exact) mass is 340 g/mol. The van der Waals surface area contributed by atoms with Gasteiger partial charge >= 0.3 is 0 Å². The zero-order chi connectivity index (χ0) is 17.8. The summed E-state index contributed by atoms with van der Waals surface area (Å²) in [6.07, 6.45) is 3.20. The molecule has 8 heteroatoms. The van der Waals surface area contributed by atoms with Gasteiger partial charge in [-0.3, -0.25) is 24.7 Å². The fourth-order valence-electron chi connectivity index (χ4n) is 2.82. The van der Waals surface area contributed by atoms with Crippen LogP contribution in [0.15, 0.2) is 48.8 Å². The number of nitrogens with zero attached hydrogens (tertiary/aromatic N) is 3. The Bertz CT molecular complexity index is 809. The number of hydrogen-bond acceptors (Lipinski definition) is 5. The quantitative estimate of drug-likeness (QED) is 0.656. The van der Waals surface area contributed by atoms with Crippen molar-refractivity contribution in [1.29, 1.82) is 0 Å². The Balaban J connectivity index is 1.65. The van der Waals surface area contributed by atoms with Crippen LogP contribution in [0.3, 0.4) is 0 Å². The van der Waals surface area contributed by atoms with E-state index in [-0.39, 0.29) is 36.5 Å². The highest BCUT2D eigenvalue weighted by atomic mass is 16.6. The van der Waals surface area contributed by atoms with Gasteiger partial charge < -0.3 is 10.2 Å². The molecule has 128 valence electrons. The van der Waals surface area contributed by atoms with Crippen molar-refractivity contribution in [3.05, 3.63) is 70.0 Å². The number of nitro groups is 1. The highest BCUT2D eigenvalue weighted by molar-refractivity contribution is 5.94.